The number of aromatic nitrogens is 2. The Labute approximate surface area is 146 Å². The summed E-state index contributed by atoms with van der Waals surface area (Å²) in [4.78, 5) is 19.3. The number of nitrogens with zero attached hydrogens (tertiary/aromatic N) is 3. The van der Waals surface area contributed by atoms with Gasteiger partial charge in [-0.3, -0.25) is 4.79 Å². The molecule has 6 nitrogen and oxygen atoms in total. The van der Waals surface area contributed by atoms with Crippen LogP contribution in [0.25, 0.3) is 11.0 Å². The maximum absolute atomic E-state index is 12.7. The molecule has 1 aromatic heterocycles. The van der Waals surface area contributed by atoms with E-state index in [1.165, 1.54) is 0 Å². The van der Waals surface area contributed by atoms with Crippen LogP contribution in [0.1, 0.15) is 10.4 Å². The van der Waals surface area contributed by atoms with E-state index in [1.807, 2.05) is 54.1 Å². The van der Waals surface area contributed by atoms with Gasteiger partial charge in [0.15, 0.2) is 0 Å². The minimum Gasteiger partial charge on any atom is -0.378 e. The molecular weight excluding hydrogens is 316 g/mol. The summed E-state index contributed by atoms with van der Waals surface area (Å²) in [5.74, 6) is -0.131. The zero-order valence-corrected chi connectivity index (χ0v) is 14.1. The Bertz CT molecular complexity index is 913. The van der Waals surface area contributed by atoms with E-state index in [2.05, 4.69) is 15.2 Å². The summed E-state index contributed by atoms with van der Waals surface area (Å²) in [6.07, 6.45) is 1.75. The Morgan fingerprint density at radius 2 is 1.96 bits per heavy atom. The molecule has 6 heteroatoms. The highest BCUT2D eigenvalue weighted by atomic mass is 16.5. The van der Waals surface area contributed by atoms with E-state index >= 15 is 0 Å². The number of rotatable bonds is 3. The Morgan fingerprint density at radius 3 is 2.80 bits per heavy atom. The van der Waals surface area contributed by atoms with Crippen LogP contribution in [0.15, 0.2) is 48.8 Å². The summed E-state index contributed by atoms with van der Waals surface area (Å²) < 4.78 is 7.35. The quantitative estimate of drug-likeness (QED) is 0.799. The Balaban J connectivity index is 1.59. The molecule has 128 valence electrons. The van der Waals surface area contributed by atoms with Crippen molar-refractivity contribution >= 4 is 28.3 Å². The number of morpholine rings is 1. The third-order valence-electron chi connectivity index (χ3n) is 4.49. The molecule has 1 saturated heterocycles. The number of amides is 1. The lowest BCUT2D eigenvalue weighted by atomic mass is 10.1. The van der Waals surface area contributed by atoms with Crippen molar-refractivity contribution in [3.05, 3.63) is 54.4 Å². The van der Waals surface area contributed by atoms with E-state index in [0.29, 0.717) is 18.8 Å². The summed E-state index contributed by atoms with van der Waals surface area (Å²) >= 11 is 0. The molecule has 0 radical (unpaired) electrons. The molecule has 0 spiro atoms. The average molecular weight is 336 g/mol. The third-order valence-corrected chi connectivity index (χ3v) is 4.49. The van der Waals surface area contributed by atoms with E-state index in [9.17, 15) is 4.79 Å². The zero-order chi connectivity index (χ0) is 17.2. The van der Waals surface area contributed by atoms with Crippen molar-refractivity contribution < 1.29 is 9.53 Å². The van der Waals surface area contributed by atoms with E-state index in [1.54, 1.807) is 6.33 Å². The first-order valence-corrected chi connectivity index (χ1v) is 8.36. The number of hydrogen-bond donors (Lipinski definition) is 1. The van der Waals surface area contributed by atoms with Gasteiger partial charge in [0.1, 0.15) is 0 Å². The minimum absolute atomic E-state index is 0.131. The number of imidazole rings is 1. The number of carbonyl (C=O) groups excluding carboxylic acids is 1. The van der Waals surface area contributed by atoms with Crippen molar-refractivity contribution in [1.29, 1.82) is 0 Å². The van der Waals surface area contributed by atoms with Gasteiger partial charge in [0, 0.05) is 25.7 Å². The van der Waals surface area contributed by atoms with Crippen LogP contribution in [-0.4, -0.2) is 41.8 Å². The Morgan fingerprint density at radius 1 is 1.16 bits per heavy atom. The lowest BCUT2D eigenvalue weighted by molar-refractivity contribution is 0.102. The molecule has 2 aromatic carbocycles. The molecule has 1 fully saturated rings. The molecule has 1 N–H and O–H groups in total. The smallest absolute Gasteiger partial charge is 0.255 e. The SMILES string of the molecule is Cn1cnc2cc(C(=O)Nc3ccccc3N3CCOCC3)ccc21. The number of hydrogen-bond acceptors (Lipinski definition) is 4. The van der Waals surface area contributed by atoms with Gasteiger partial charge in [0.2, 0.25) is 0 Å². The van der Waals surface area contributed by atoms with Crippen LogP contribution in [0.5, 0.6) is 0 Å². The molecular formula is C19H20N4O2. The van der Waals surface area contributed by atoms with Crippen LogP contribution >= 0.6 is 0 Å². The number of carbonyl (C=O) groups is 1. The van der Waals surface area contributed by atoms with Crippen LogP contribution < -0.4 is 10.2 Å². The molecule has 0 bridgehead atoms. The van der Waals surface area contributed by atoms with E-state index in [-0.39, 0.29) is 5.91 Å². The highest BCUT2D eigenvalue weighted by molar-refractivity contribution is 6.07. The van der Waals surface area contributed by atoms with E-state index < -0.39 is 0 Å². The van der Waals surface area contributed by atoms with Gasteiger partial charge in [0.25, 0.3) is 5.91 Å². The average Bonchev–Trinajstić information content (AvgIpc) is 3.03. The fourth-order valence-corrected chi connectivity index (χ4v) is 3.13. The molecule has 0 atom stereocenters. The molecule has 2 heterocycles. The molecule has 25 heavy (non-hydrogen) atoms. The number of aryl methyl sites for hydroxylation is 1. The first-order valence-electron chi connectivity index (χ1n) is 8.36. The van der Waals surface area contributed by atoms with Gasteiger partial charge in [-0.15, -0.1) is 0 Å². The van der Waals surface area contributed by atoms with Gasteiger partial charge >= 0.3 is 0 Å². The summed E-state index contributed by atoms with van der Waals surface area (Å²) in [6.45, 7) is 3.07. The highest BCUT2D eigenvalue weighted by Gasteiger charge is 2.16. The second-order valence-corrected chi connectivity index (χ2v) is 6.13. The molecule has 0 aliphatic carbocycles. The van der Waals surface area contributed by atoms with Crippen molar-refractivity contribution in [2.24, 2.45) is 7.05 Å². The van der Waals surface area contributed by atoms with E-state index in [0.717, 1.165) is 35.5 Å². The Kier molecular flexibility index (Phi) is 4.11. The summed E-state index contributed by atoms with van der Waals surface area (Å²) in [5.41, 5.74) is 4.26. The first kappa shape index (κ1) is 15.7. The lowest BCUT2D eigenvalue weighted by Gasteiger charge is -2.30. The van der Waals surface area contributed by atoms with Gasteiger partial charge in [-0.2, -0.15) is 0 Å². The lowest BCUT2D eigenvalue weighted by Crippen LogP contribution is -2.36. The van der Waals surface area contributed by atoms with E-state index in [4.69, 9.17) is 4.74 Å². The van der Waals surface area contributed by atoms with Gasteiger partial charge < -0.3 is 19.5 Å². The van der Waals surface area contributed by atoms with Crippen LogP contribution in [0.2, 0.25) is 0 Å². The number of para-hydroxylation sites is 2. The summed E-state index contributed by atoms with van der Waals surface area (Å²) in [7, 11) is 1.94. The van der Waals surface area contributed by atoms with Gasteiger partial charge in [-0.05, 0) is 30.3 Å². The number of ether oxygens (including phenoxy) is 1. The van der Waals surface area contributed by atoms with Gasteiger partial charge in [0.05, 0.1) is 41.9 Å². The molecule has 1 aliphatic heterocycles. The molecule has 0 saturated carbocycles. The number of nitrogens with one attached hydrogen (secondary N) is 1. The highest BCUT2D eigenvalue weighted by Crippen LogP contribution is 2.27. The van der Waals surface area contributed by atoms with Crippen molar-refractivity contribution in [3.8, 4) is 0 Å². The number of benzene rings is 2. The van der Waals surface area contributed by atoms with Crippen LogP contribution in [-0.2, 0) is 11.8 Å². The zero-order valence-electron chi connectivity index (χ0n) is 14.1. The minimum atomic E-state index is -0.131. The standard InChI is InChI=1S/C19H20N4O2/c1-22-13-20-16-12-14(6-7-17(16)22)19(24)21-15-4-2-3-5-18(15)23-8-10-25-11-9-23/h2-7,12-13H,8-11H2,1H3,(H,21,24). The number of fused-ring (bicyclic) bond motifs is 1. The molecule has 4 rings (SSSR count). The molecule has 1 amide bonds. The molecule has 0 unspecified atom stereocenters. The van der Waals surface area contributed by atoms with Crippen molar-refractivity contribution in [2.75, 3.05) is 36.5 Å². The maximum Gasteiger partial charge on any atom is 0.255 e. The predicted octanol–water partition coefficient (Wildman–Crippen LogP) is 2.66. The van der Waals surface area contributed by atoms with Crippen molar-refractivity contribution in [2.45, 2.75) is 0 Å². The monoisotopic (exact) mass is 336 g/mol. The fraction of sp³-hybridized carbons (Fsp3) is 0.263. The Hall–Kier alpha value is -2.86. The summed E-state index contributed by atoms with van der Waals surface area (Å²) in [6, 6.07) is 13.5. The van der Waals surface area contributed by atoms with Crippen molar-refractivity contribution in [3.63, 3.8) is 0 Å². The largest absolute Gasteiger partial charge is 0.378 e. The first-order chi connectivity index (χ1) is 12.2. The predicted molar refractivity (Wildman–Crippen MR) is 98.1 cm³/mol. The summed E-state index contributed by atoms with van der Waals surface area (Å²) in [5, 5.41) is 3.04. The van der Waals surface area contributed by atoms with Gasteiger partial charge in [-0.25, -0.2) is 4.98 Å². The van der Waals surface area contributed by atoms with Crippen LogP contribution in [0.4, 0.5) is 11.4 Å². The normalized spacial score (nSPS) is 14.7. The van der Waals surface area contributed by atoms with Crippen LogP contribution in [0, 0.1) is 0 Å². The van der Waals surface area contributed by atoms with Crippen molar-refractivity contribution in [1.82, 2.24) is 9.55 Å². The second-order valence-electron chi connectivity index (χ2n) is 6.13. The topological polar surface area (TPSA) is 59.4 Å². The molecule has 3 aromatic rings. The maximum atomic E-state index is 12.7. The van der Waals surface area contributed by atoms with Crippen LogP contribution in [0.3, 0.4) is 0 Å². The number of anilines is 2. The molecule has 1 aliphatic rings. The third kappa shape index (κ3) is 3.08. The fourth-order valence-electron chi connectivity index (χ4n) is 3.13. The second kappa shape index (κ2) is 6.57. The van der Waals surface area contributed by atoms with Gasteiger partial charge in [-0.1, -0.05) is 12.1 Å².